The maximum absolute atomic E-state index is 11.9. The first-order valence-corrected chi connectivity index (χ1v) is 5.91. The van der Waals surface area contributed by atoms with Gasteiger partial charge in [-0.05, 0) is 26.9 Å². The summed E-state index contributed by atoms with van der Waals surface area (Å²) >= 11 is 4.91. The molecule has 0 aromatic heterocycles. The molecule has 0 bridgehead atoms. The second kappa shape index (κ2) is 6.81. The number of nitrogens with two attached hydrogens (primary N) is 1. The van der Waals surface area contributed by atoms with Crippen LogP contribution in [0.3, 0.4) is 0 Å². The van der Waals surface area contributed by atoms with Gasteiger partial charge in [0.15, 0.2) is 0 Å². The van der Waals surface area contributed by atoms with Gasteiger partial charge in [-0.25, -0.2) is 0 Å². The van der Waals surface area contributed by atoms with Crippen molar-refractivity contribution in [3.8, 4) is 0 Å². The molecule has 0 rings (SSSR count). The van der Waals surface area contributed by atoms with E-state index in [1.54, 1.807) is 0 Å². The number of rotatable bonds is 6. The van der Waals surface area contributed by atoms with Gasteiger partial charge in [0, 0.05) is 12.6 Å². The van der Waals surface area contributed by atoms with E-state index in [2.05, 4.69) is 5.32 Å². The summed E-state index contributed by atoms with van der Waals surface area (Å²) in [5.41, 5.74) is 5.56. The molecule has 3 N–H and O–H groups in total. The van der Waals surface area contributed by atoms with Crippen molar-refractivity contribution in [3.63, 3.8) is 0 Å². The van der Waals surface area contributed by atoms with Crippen molar-refractivity contribution < 1.29 is 4.79 Å². The van der Waals surface area contributed by atoms with Gasteiger partial charge in [0.05, 0.1) is 10.9 Å². The Hall–Kier alpha value is -0.680. The molecule has 0 fully saturated rings. The van der Waals surface area contributed by atoms with Gasteiger partial charge in [0.2, 0.25) is 5.91 Å². The summed E-state index contributed by atoms with van der Waals surface area (Å²) in [5, 5.41) is 2.88. The number of hydrogen-bond donors (Lipinski definition) is 2. The molecule has 1 amide bonds. The number of nitrogens with one attached hydrogen (secondary N) is 1. The molecule has 0 aromatic carbocycles. The molecular weight excluding hydrogens is 222 g/mol. The Bertz CT molecular complexity index is 254. The second-order valence-electron chi connectivity index (χ2n) is 4.68. The summed E-state index contributed by atoms with van der Waals surface area (Å²) < 4.78 is 0. The Labute approximate surface area is 104 Å². The minimum atomic E-state index is -0.371. The van der Waals surface area contributed by atoms with Crippen molar-refractivity contribution in [1.82, 2.24) is 10.2 Å². The van der Waals surface area contributed by atoms with Crippen molar-refractivity contribution in [1.29, 1.82) is 0 Å². The number of nitrogens with zero attached hydrogens (tertiary/aromatic N) is 1. The number of amides is 1. The lowest BCUT2D eigenvalue weighted by atomic mass is 9.95. The number of carbonyl (C=O) groups is 1. The minimum absolute atomic E-state index is 0.0730. The molecule has 94 valence electrons. The van der Waals surface area contributed by atoms with Gasteiger partial charge in [0.25, 0.3) is 0 Å². The smallest absolute Gasteiger partial charge is 0.230 e. The molecule has 0 spiro atoms. The molecule has 0 aliphatic rings. The third kappa shape index (κ3) is 4.90. The Morgan fingerprint density at radius 3 is 2.19 bits per heavy atom. The van der Waals surface area contributed by atoms with E-state index in [1.807, 2.05) is 39.8 Å². The molecule has 0 heterocycles. The molecule has 5 heteroatoms. The van der Waals surface area contributed by atoms with Crippen LogP contribution in [0.25, 0.3) is 0 Å². The number of carbonyl (C=O) groups excluding carboxylic acids is 1. The fourth-order valence-electron chi connectivity index (χ4n) is 1.30. The van der Waals surface area contributed by atoms with E-state index in [1.165, 1.54) is 0 Å². The summed E-state index contributed by atoms with van der Waals surface area (Å²) in [6.45, 7) is 6.54. The predicted molar refractivity (Wildman–Crippen MR) is 71.3 cm³/mol. The zero-order valence-electron chi connectivity index (χ0n) is 10.8. The molecule has 2 unspecified atom stereocenters. The third-order valence-electron chi connectivity index (χ3n) is 2.71. The fourth-order valence-corrected chi connectivity index (χ4v) is 1.68. The fraction of sp³-hybridized carbons (Fsp3) is 0.818. The van der Waals surface area contributed by atoms with Crippen LogP contribution in [0.1, 0.15) is 20.8 Å². The summed E-state index contributed by atoms with van der Waals surface area (Å²) in [5.74, 6) is -0.312. The largest absolute Gasteiger partial charge is 0.393 e. The van der Waals surface area contributed by atoms with Crippen molar-refractivity contribution >= 4 is 23.1 Å². The number of thiocarbonyl (C=S) groups is 1. The quantitative estimate of drug-likeness (QED) is 0.673. The highest BCUT2D eigenvalue weighted by atomic mass is 32.1. The highest BCUT2D eigenvalue weighted by molar-refractivity contribution is 7.80. The molecule has 0 aliphatic carbocycles. The zero-order chi connectivity index (χ0) is 12.9. The molecule has 0 aromatic rings. The van der Waals surface area contributed by atoms with Crippen molar-refractivity contribution in [2.75, 3.05) is 20.6 Å². The van der Waals surface area contributed by atoms with E-state index in [0.717, 1.165) is 0 Å². The Morgan fingerprint density at radius 2 is 1.88 bits per heavy atom. The predicted octanol–water partition coefficient (Wildman–Crippen LogP) is 0.611. The van der Waals surface area contributed by atoms with Crippen LogP contribution in [0.2, 0.25) is 0 Å². The number of hydrogen-bond acceptors (Lipinski definition) is 3. The standard InChI is InChI=1S/C11H23N3OS/c1-7(2)9(10(12)16)11(15)13-6-8(3)14(4)5/h7-9H,6H2,1-5H3,(H2,12,16)(H,13,15). The van der Waals surface area contributed by atoms with Crippen LogP contribution in [0.5, 0.6) is 0 Å². The maximum Gasteiger partial charge on any atom is 0.230 e. The number of likely N-dealkylation sites (N-methyl/N-ethyl adjacent to an activating group) is 1. The second-order valence-corrected chi connectivity index (χ2v) is 5.15. The first kappa shape index (κ1) is 15.3. The van der Waals surface area contributed by atoms with Crippen LogP contribution >= 0.6 is 12.2 Å². The average Bonchev–Trinajstić information content (AvgIpc) is 2.12. The van der Waals surface area contributed by atoms with Gasteiger partial charge in [-0.15, -0.1) is 0 Å². The molecule has 2 atom stereocenters. The van der Waals surface area contributed by atoms with Gasteiger partial charge in [-0.1, -0.05) is 26.1 Å². The van der Waals surface area contributed by atoms with E-state index >= 15 is 0 Å². The molecule has 0 radical (unpaired) electrons. The van der Waals surface area contributed by atoms with E-state index in [9.17, 15) is 4.79 Å². The van der Waals surface area contributed by atoms with E-state index in [0.29, 0.717) is 12.6 Å². The molecule has 16 heavy (non-hydrogen) atoms. The van der Waals surface area contributed by atoms with E-state index in [-0.39, 0.29) is 22.7 Å². The van der Waals surface area contributed by atoms with Crippen LogP contribution in [0.4, 0.5) is 0 Å². The molecule has 0 saturated heterocycles. The van der Waals surface area contributed by atoms with E-state index < -0.39 is 0 Å². The monoisotopic (exact) mass is 245 g/mol. The lowest BCUT2D eigenvalue weighted by Crippen LogP contribution is -2.45. The first-order valence-electron chi connectivity index (χ1n) is 5.50. The van der Waals surface area contributed by atoms with Crippen molar-refractivity contribution in [3.05, 3.63) is 0 Å². The minimum Gasteiger partial charge on any atom is -0.393 e. The SMILES string of the molecule is CC(C)C(C(=O)NCC(C)N(C)C)C(N)=S. The third-order valence-corrected chi connectivity index (χ3v) is 2.96. The Balaban J connectivity index is 4.28. The summed E-state index contributed by atoms with van der Waals surface area (Å²) in [4.78, 5) is 14.2. The maximum atomic E-state index is 11.9. The summed E-state index contributed by atoms with van der Waals surface area (Å²) in [6.07, 6.45) is 0. The van der Waals surface area contributed by atoms with Crippen molar-refractivity contribution in [2.24, 2.45) is 17.6 Å². The van der Waals surface area contributed by atoms with Gasteiger partial charge in [0.1, 0.15) is 0 Å². The van der Waals surface area contributed by atoms with Crippen LogP contribution in [0.15, 0.2) is 0 Å². The molecule has 4 nitrogen and oxygen atoms in total. The van der Waals surface area contributed by atoms with Gasteiger partial charge < -0.3 is 16.0 Å². The highest BCUT2D eigenvalue weighted by Gasteiger charge is 2.24. The van der Waals surface area contributed by atoms with Gasteiger partial charge in [-0.2, -0.15) is 0 Å². The Morgan fingerprint density at radius 1 is 1.38 bits per heavy atom. The summed E-state index contributed by atoms with van der Waals surface area (Å²) in [6, 6.07) is 0.295. The van der Waals surface area contributed by atoms with Gasteiger partial charge in [-0.3, -0.25) is 4.79 Å². The molecule has 0 aliphatic heterocycles. The normalized spacial score (nSPS) is 14.9. The lowest BCUT2D eigenvalue weighted by molar-refractivity contribution is -0.124. The lowest BCUT2D eigenvalue weighted by Gasteiger charge is -2.23. The van der Waals surface area contributed by atoms with Crippen LogP contribution in [0, 0.1) is 11.8 Å². The molecular formula is C11H23N3OS. The van der Waals surface area contributed by atoms with Crippen LogP contribution in [-0.2, 0) is 4.79 Å². The first-order chi connectivity index (χ1) is 7.27. The van der Waals surface area contributed by atoms with Crippen LogP contribution in [-0.4, -0.2) is 42.5 Å². The van der Waals surface area contributed by atoms with E-state index in [4.69, 9.17) is 18.0 Å². The Kier molecular flexibility index (Phi) is 6.52. The summed E-state index contributed by atoms with van der Waals surface area (Å²) in [7, 11) is 3.95. The highest BCUT2D eigenvalue weighted by Crippen LogP contribution is 2.11. The van der Waals surface area contributed by atoms with Crippen LogP contribution < -0.4 is 11.1 Å². The van der Waals surface area contributed by atoms with Crippen molar-refractivity contribution in [2.45, 2.75) is 26.8 Å². The van der Waals surface area contributed by atoms with Gasteiger partial charge >= 0.3 is 0 Å². The average molecular weight is 245 g/mol. The molecule has 0 saturated carbocycles. The topological polar surface area (TPSA) is 58.4 Å². The zero-order valence-corrected chi connectivity index (χ0v) is 11.6.